The molecule has 0 saturated carbocycles. The molecule has 9 heteroatoms. The van der Waals surface area contributed by atoms with Gasteiger partial charge in [0.15, 0.2) is 0 Å². The van der Waals surface area contributed by atoms with E-state index in [4.69, 9.17) is 16.3 Å². The number of ether oxygens (including phenoxy) is 1. The Morgan fingerprint density at radius 1 is 1.06 bits per heavy atom. The quantitative estimate of drug-likeness (QED) is 0.412. The average molecular weight is 491 g/mol. The number of sulfonamides is 1. The number of thioether (sulfide) groups is 1. The van der Waals surface area contributed by atoms with E-state index in [9.17, 15) is 13.2 Å². The lowest BCUT2D eigenvalue weighted by Crippen LogP contribution is -2.38. The highest BCUT2D eigenvalue weighted by atomic mass is 35.5. The molecule has 6 nitrogen and oxygen atoms in total. The van der Waals surface area contributed by atoms with Crippen LogP contribution in [0.15, 0.2) is 82.6 Å². The third-order valence-corrected chi connectivity index (χ3v) is 7.47. The predicted molar refractivity (Wildman–Crippen MR) is 130 cm³/mol. The van der Waals surface area contributed by atoms with Gasteiger partial charge in [-0.2, -0.15) is 0 Å². The Hall–Kier alpha value is -2.68. The van der Waals surface area contributed by atoms with Crippen molar-refractivity contribution in [3.63, 3.8) is 0 Å². The first-order valence-corrected chi connectivity index (χ1v) is 12.6. The van der Waals surface area contributed by atoms with E-state index in [2.05, 4.69) is 5.32 Å². The smallest absolute Gasteiger partial charge is 0.264 e. The van der Waals surface area contributed by atoms with E-state index >= 15 is 0 Å². The van der Waals surface area contributed by atoms with Gasteiger partial charge in [-0.25, -0.2) is 8.42 Å². The normalized spacial score (nSPS) is 11.1. The summed E-state index contributed by atoms with van der Waals surface area (Å²) < 4.78 is 33.1. The third kappa shape index (κ3) is 5.76. The summed E-state index contributed by atoms with van der Waals surface area (Å²) in [7, 11) is -2.55. The van der Waals surface area contributed by atoms with Crippen molar-refractivity contribution in [1.82, 2.24) is 0 Å². The molecule has 0 aromatic heterocycles. The Labute approximate surface area is 197 Å². The van der Waals surface area contributed by atoms with Crippen LogP contribution in [0.2, 0.25) is 5.02 Å². The van der Waals surface area contributed by atoms with Gasteiger partial charge in [0, 0.05) is 9.92 Å². The molecule has 0 aliphatic heterocycles. The van der Waals surface area contributed by atoms with Gasteiger partial charge in [0.2, 0.25) is 5.91 Å². The van der Waals surface area contributed by atoms with Gasteiger partial charge >= 0.3 is 0 Å². The van der Waals surface area contributed by atoms with E-state index in [0.717, 1.165) is 15.0 Å². The van der Waals surface area contributed by atoms with Crippen molar-refractivity contribution < 1.29 is 17.9 Å². The van der Waals surface area contributed by atoms with E-state index < -0.39 is 22.5 Å². The van der Waals surface area contributed by atoms with Crippen LogP contribution in [-0.2, 0) is 14.8 Å². The number of methoxy groups -OCH3 is 1. The molecule has 3 rings (SSSR count). The van der Waals surface area contributed by atoms with Crippen LogP contribution in [-0.4, -0.2) is 33.7 Å². The second kappa shape index (κ2) is 10.8. The first-order chi connectivity index (χ1) is 15.3. The maximum Gasteiger partial charge on any atom is 0.264 e. The monoisotopic (exact) mass is 490 g/mol. The number of anilines is 2. The molecule has 0 saturated heterocycles. The van der Waals surface area contributed by atoms with Crippen molar-refractivity contribution in [2.24, 2.45) is 0 Å². The van der Waals surface area contributed by atoms with Crippen LogP contribution in [0.3, 0.4) is 0 Å². The summed E-state index contributed by atoms with van der Waals surface area (Å²) in [5.41, 5.74) is 0.928. The fraction of sp³-hybridized carbons (Fsp3) is 0.174. The number of para-hydroxylation sites is 1. The molecule has 0 atom stereocenters. The maximum atomic E-state index is 13.5. The molecule has 0 fully saturated rings. The van der Waals surface area contributed by atoms with Crippen LogP contribution in [0, 0.1) is 0 Å². The second-order valence-electron chi connectivity index (χ2n) is 6.64. The summed E-state index contributed by atoms with van der Waals surface area (Å²) in [4.78, 5) is 13.9. The molecule has 0 aliphatic carbocycles. The molecule has 32 heavy (non-hydrogen) atoms. The molecular weight excluding hydrogens is 468 g/mol. The molecule has 0 spiro atoms. The van der Waals surface area contributed by atoms with E-state index in [1.807, 2.05) is 25.1 Å². The van der Waals surface area contributed by atoms with Crippen molar-refractivity contribution in [3.05, 3.63) is 77.8 Å². The van der Waals surface area contributed by atoms with Crippen molar-refractivity contribution in [2.75, 3.05) is 29.0 Å². The SMILES string of the molecule is CCSc1ccccc1NC(=O)CN(c1cccc(Cl)c1)S(=O)(=O)c1ccc(OC)cc1. The molecule has 0 heterocycles. The number of benzene rings is 3. The standard InChI is InChI=1S/C23H23ClN2O4S2/c1-3-31-22-10-5-4-9-21(22)25-23(27)16-26(18-8-6-7-17(24)15-18)32(28,29)20-13-11-19(30-2)12-14-20/h4-15H,3,16H2,1-2H3,(H,25,27). The Morgan fingerprint density at radius 2 is 1.78 bits per heavy atom. The zero-order chi connectivity index (χ0) is 23.1. The number of nitrogens with one attached hydrogen (secondary N) is 1. The molecule has 0 aliphatic rings. The minimum absolute atomic E-state index is 0.0352. The molecule has 3 aromatic rings. The highest BCUT2D eigenvalue weighted by Gasteiger charge is 2.27. The summed E-state index contributed by atoms with van der Waals surface area (Å²) in [5.74, 6) is 0.903. The number of rotatable bonds is 9. The van der Waals surface area contributed by atoms with Crippen LogP contribution >= 0.6 is 23.4 Å². The van der Waals surface area contributed by atoms with Gasteiger partial charge in [-0.1, -0.05) is 36.7 Å². The fourth-order valence-electron chi connectivity index (χ4n) is 2.99. The van der Waals surface area contributed by atoms with Crippen molar-refractivity contribution in [3.8, 4) is 5.75 Å². The number of amides is 1. The Morgan fingerprint density at radius 3 is 2.44 bits per heavy atom. The average Bonchev–Trinajstić information content (AvgIpc) is 2.79. The van der Waals surface area contributed by atoms with Gasteiger partial charge in [-0.3, -0.25) is 9.10 Å². The van der Waals surface area contributed by atoms with Gasteiger partial charge in [0.05, 0.1) is 23.4 Å². The molecule has 0 unspecified atom stereocenters. The Balaban J connectivity index is 1.94. The van der Waals surface area contributed by atoms with Gasteiger partial charge < -0.3 is 10.1 Å². The van der Waals surface area contributed by atoms with E-state index in [-0.39, 0.29) is 4.90 Å². The highest BCUT2D eigenvalue weighted by molar-refractivity contribution is 7.99. The molecule has 0 bridgehead atoms. The summed E-state index contributed by atoms with van der Waals surface area (Å²) in [6.07, 6.45) is 0. The van der Waals surface area contributed by atoms with Gasteiger partial charge in [0.1, 0.15) is 12.3 Å². The van der Waals surface area contributed by atoms with Crippen LogP contribution in [0.1, 0.15) is 6.92 Å². The number of carbonyl (C=O) groups is 1. The van der Waals surface area contributed by atoms with E-state index in [1.54, 1.807) is 48.2 Å². The van der Waals surface area contributed by atoms with Crippen LogP contribution in [0.4, 0.5) is 11.4 Å². The minimum atomic E-state index is -4.05. The van der Waals surface area contributed by atoms with Crippen molar-refractivity contribution in [2.45, 2.75) is 16.7 Å². The lowest BCUT2D eigenvalue weighted by atomic mass is 10.3. The van der Waals surface area contributed by atoms with Gasteiger partial charge in [-0.05, 0) is 60.4 Å². The first kappa shape index (κ1) is 24.0. The Kier molecular flexibility index (Phi) is 8.06. The van der Waals surface area contributed by atoms with Crippen molar-refractivity contribution >= 4 is 50.7 Å². The highest BCUT2D eigenvalue weighted by Crippen LogP contribution is 2.29. The van der Waals surface area contributed by atoms with Crippen LogP contribution in [0.25, 0.3) is 0 Å². The summed E-state index contributed by atoms with van der Waals surface area (Å²) >= 11 is 7.70. The topological polar surface area (TPSA) is 75.7 Å². The number of carbonyl (C=O) groups excluding carboxylic acids is 1. The zero-order valence-electron chi connectivity index (χ0n) is 17.6. The van der Waals surface area contributed by atoms with Crippen molar-refractivity contribution in [1.29, 1.82) is 0 Å². The maximum absolute atomic E-state index is 13.5. The minimum Gasteiger partial charge on any atom is -0.497 e. The second-order valence-corrected chi connectivity index (χ2v) is 10.2. The van der Waals surface area contributed by atoms with E-state index in [1.165, 1.54) is 25.3 Å². The molecule has 3 aromatic carbocycles. The first-order valence-electron chi connectivity index (χ1n) is 9.79. The van der Waals surface area contributed by atoms with Crippen LogP contribution < -0.4 is 14.4 Å². The summed E-state index contributed by atoms with van der Waals surface area (Å²) in [5, 5.41) is 3.20. The predicted octanol–water partition coefficient (Wildman–Crippen LogP) is 5.29. The summed E-state index contributed by atoms with van der Waals surface area (Å²) in [6, 6.07) is 19.8. The Bertz CT molecular complexity index is 1180. The summed E-state index contributed by atoms with van der Waals surface area (Å²) in [6.45, 7) is 1.60. The lowest BCUT2D eigenvalue weighted by molar-refractivity contribution is -0.114. The lowest BCUT2D eigenvalue weighted by Gasteiger charge is -2.24. The molecule has 1 amide bonds. The van der Waals surface area contributed by atoms with Crippen LogP contribution in [0.5, 0.6) is 5.75 Å². The zero-order valence-corrected chi connectivity index (χ0v) is 20.0. The molecule has 1 N–H and O–H groups in total. The number of halogens is 1. The molecule has 168 valence electrons. The fourth-order valence-corrected chi connectivity index (χ4v) is 5.35. The van der Waals surface area contributed by atoms with Gasteiger partial charge in [0.25, 0.3) is 10.0 Å². The third-order valence-electron chi connectivity index (χ3n) is 4.49. The number of hydrogen-bond acceptors (Lipinski definition) is 5. The van der Waals surface area contributed by atoms with Gasteiger partial charge in [-0.15, -0.1) is 11.8 Å². The molecule has 0 radical (unpaired) electrons. The molecular formula is C23H23ClN2O4S2. The van der Waals surface area contributed by atoms with E-state index in [0.29, 0.717) is 22.1 Å². The largest absolute Gasteiger partial charge is 0.497 e. The number of nitrogens with zero attached hydrogens (tertiary/aromatic N) is 1. The number of hydrogen-bond donors (Lipinski definition) is 1.